The number of rotatable bonds is 6. The number of carbonyl (C=O) groups excluding carboxylic acids is 1. The van der Waals surface area contributed by atoms with Gasteiger partial charge in [-0.1, -0.05) is 17.7 Å². The van der Waals surface area contributed by atoms with E-state index in [0.717, 1.165) is 16.7 Å². The van der Waals surface area contributed by atoms with E-state index in [-0.39, 0.29) is 11.5 Å². The second-order valence-corrected chi connectivity index (χ2v) is 7.29. The molecule has 2 aromatic carbocycles. The zero-order valence-corrected chi connectivity index (χ0v) is 14.6. The molecule has 0 aliphatic rings. The van der Waals surface area contributed by atoms with Gasteiger partial charge >= 0.3 is 0 Å². The second-order valence-electron chi connectivity index (χ2n) is 5.61. The summed E-state index contributed by atoms with van der Waals surface area (Å²) in [6, 6.07) is 9.63. The van der Waals surface area contributed by atoms with Crippen molar-refractivity contribution in [2.24, 2.45) is 5.73 Å². The van der Waals surface area contributed by atoms with Gasteiger partial charge in [0.25, 0.3) is 15.9 Å². The quantitative estimate of drug-likeness (QED) is 0.836. The van der Waals surface area contributed by atoms with E-state index in [9.17, 15) is 13.2 Å². The molecule has 6 nitrogen and oxygen atoms in total. The number of nitrogens with two attached hydrogens (primary N) is 1. The molecule has 0 fully saturated rings. The fourth-order valence-electron chi connectivity index (χ4n) is 2.40. The van der Waals surface area contributed by atoms with Gasteiger partial charge < -0.3 is 10.5 Å². The van der Waals surface area contributed by atoms with Crippen molar-refractivity contribution in [2.75, 3.05) is 11.3 Å². The van der Waals surface area contributed by atoms with Gasteiger partial charge in [-0.05, 0) is 56.2 Å². The Bertz CT molecular complexity index is 836. The summed E-state index contributed by atoms with van der Waals surface area (Å²) < 4.78 is 32.8. The van der Waals surface area contributed by atoms with E-state index >= 15 is 0 Å². The smallest absolute Gasteiger partial charge is 0.261 e. The maximum absolute atomic E-state index is 12.5. The Labute approximate surface area is 141 Å². The second kappa shape index (κ2) is 6.92. The summed E-state index contributed by atoms with van der Waals surface area (Å²) in [4.78, 5) is 10.8. The van der Waals surface area contributed by atoms with Crippen LogP contribution in [0.1, 0.15) is 16.7 Å². The first-order chi connectivity index (χ1) is 11.2. The topological polar surface area (TPSA) is 98.5 Å². The highest BCUT2D eigenvalue weighted by Crippen LogP contribution is 2.25. The molecule has 7 heteroatoms. The largest absolute Gasteiger partial charge is 0.484 e. The monoisotopic (exact) mass is 348 g/mol. The average molecular weight is 348 g/mol. The van der Waals surface area contributed by atoms with E-state index in [1.54, 1.807) is 0 Å². The van der Waals surface area contributed by atoms with Gasteiger partial charge in [0.15, 0.2) is 6.61 Å². The van der Waals surface area contributed by atoms with Crippen LogP contribution >= 0.6 is 0 Å². The van der Waals surface area contributed by atoms with E-state index in [0.29, 0.717) is 11.4 Å². The third kappa shape index (κ3) is 4.26. The van der Waals surface area contributed by atoms with Gasteiger partial charge in [0, 0.05) is 0 Å². The fourth-order valence-corrected chi connectivity index (χ4v) is 3.61. The Morgan fingerprint density at radius 1 is 1.08 bits per heavy atom. The number of sulfonamides is 1. The summed E-state index contributed by atoms with van der Waals surface area (Å²) >= 11 is 0. The molecule has 24 heavy (non-hydrogen) atoms. The van der Waals surface area contributed by atoms with Crippen LogP contribution in [0.15, 0.2) is 41.3 Å². The highest BCUT2D eigenvalue weighted by atomic mass is 32.2. The minimum atomic E-state index is -3.72. The van der Waals surface area contributed by atoms with Gasteiger partial charge in [-0.15, -0.1) is 0 Å². The Balaban J connectivity index is 2.23. The average Bonchev–Trinajstić information content (AvgIpc) is 2.49. The number of ether oxygens (including phenoxy) is 1. The lowest BCUT2D eigenvalue weighted by molar-refractivity contribution is -0.119. The molecule has 3 N–H and O–H groups in total. The summed E-state index contributed by atoms with van der Waals surface area (Å²) in [5, 5.41) is 0. The first kappa shape index (κ1) is 17.8. The van der Waals surface area contributed by atoms with Crippen molar-refractivity contribution in [3.05, 3.63) is 53.1 Å². The number of anilines is 1. The summed E-state index contributed by atoms with van der Waals surface area (Å²) in [5.74, 6) is -0.228. The predicted molar refractivity (Wildman–Crippen MR) is 92.6 cm³/mol. The minimum absolute atomic E-state index is 0.105. The van der Waals surface area contributed by atoms with Crippen LogP contribution in [0.25, 0.3) is 0 Å². The molecule has 0 aliphatic heterocycles. The number of carbonyl (C=O) groups is 1. The van der Waals surface area contributed by atoms with Crippen LogP contribution in [0.3, 0.4) is 0 Å². The van der Waals surface area contributed by atoms with Crippen molar-refractivity contribution < 1.29 is 17.9 Å². The molecule has 0 spiro atoms. The van der Waals surface area contributed by atoms with Crippen LogP contribution in [-0.4, -0.2) is 20.9 Å². The van der Waals surface area contributed by atoms with E-state index in [1.165, 1.54) is 24.3 Å². The van der Waals surface area contributed by atoms with Crippen LogP contribution in [-0.2, 0) is 14.8 Å². The molecule has 128 valence electrons. The van der Waals surface area contributed by atoms with Gasteiger partial charge in [0.1, 0.15) is 5.75 Å². The molecule has 0 heterocycles. The number of nitrogens with one attached hydrogen (secondary N) is 1. The first-order valence-electron chi connectivity index (χ1n) is 7.31. The van der Waals surface area contributed by atoms with Gasteiger partial charge in [-0.25, -0.2) is 8.42 Å². The van der Waals surface area contributed by atoms with E-state index < -0.39 is 15.9 Å². The SMILES string of the molecule is Cc1cc(C)c(NS(=O)(=O)c2ccc(OCC(N)=O)cc2)c(C)c1. The predicted octanol–water partition coefficient (Wildman–Crippen LogP) is 2.28. The highest BCUT2D eigenvalue weighted by molar-refractivity contribution is 7.92. The van der Waals surface area contributed by atoms with Crippen molar-refractivity contribution in [2.45, 2.75) is 25.7 Å². The molecule has 0 aliphatic carbocycles. The van der Waals surface area contributed by atoms with Crippen LogP contribution < -0.4 is 15.2 Å². The zero-order chi connectivity index (χ0) is 17.9. The molecule has 0 bridgehead atoms. The summed E-state index contributed by atoms with van der Waals surface area (Å²) in [6.07, 6.45) is 0. The standard InChI is InChI=1S/C17H20N2O4S/c1-11-8-12(2)17(13(3)9-11)19-24(21,22)15-6-4-14(5-7-15)23-10-16(18)20/h4-9,19H,10H2,1-3H3,(H2,18,20). The number of primary amides is 1. The molecule has 1 amide bonds. The molecule has 0 saturated carbocycles. The number of hydrogen-bond acceptors (Lipinski definition) is 4. The van der Waals surface area contributed by atoms with Gasteiger partial charge in [0.2, 0.25) is 0 Å². The number of benzene rings is 2. The van der Waals surface area contributed by atoms with Crippen molar-refractivity contribution in [1.82, 2.24) is 0 Å². The van der Waals surface area contributed by atoms with Crippen molar-refractivity contribution in [3.8, 4) is 5.75 Å². The lowest BCUT2D eigenvalue weighted by atomic mass is 10.1. The van der Waals surface area contributed by atoms with Crippen LogP contribution in [0.5, 0.6) is 5.75 Å². The molecule has 0 radical (unpaired) electrons. The maximum Gasteiger partial charge on any atom is 0.261 e. The number of hydrogen-bond donors (Lipinski definition) is 2. The molecule has 0 unspecified atom stereocenters. The van der Waals surface area contributed by atoms with E-state index in [1.807, 2.05) is 32.9 Å². The van der Waals surface area contributed by atoms with Crippen LogP contribution in [0, 0.1) is 20.8 Å². The van der Waals surface area contributed by atoms with Crippen molar-refractivity contribution in [3.63, 3.8) is 0 Å². The normalized spacial score (nSPS) is 11.1. The van der Waals surface area contributed by atoms with E-state index in [2.05, 4.69) is 4.72 Å². The van der Waals surface area contributed by atoms with E-state index in [4.69, 9.17) is 10.5 Å². The molecule has 2 rings (SSSR count). The number of aryl methyl sites for hydroxylation is 3. The third-order valence-electron chi connectivity index (χ3n) is 3.43. The Morgan fingerprint density at radius 2 is 1.62 bits per heavy atom. The third-order valence-corrected chi connectivity index (χ3v) is 4.79. The van der Waals surface area contributed by atoms with Gasteiger partial charge in [0.05, 0.1) is 10.6 Å². The lowest BCUT2D eigenvalue weighted by Gasteiger charge is -2.14. The lowest BCUT2D eigenvalue weighted by Crippen LogP contribution is -2.20. The summed E-state index contributed by atoms with van der Waals surface area (Å²) in [6.45, 7) is 5.42. The van der Waals surface area contributed by atoms with Crippen LogP contribution in [0.2, 0.25) is 0 Å². The fraction of sp³-hybridized carbons (Fsp3) is 0.235. The zero-order valence-electron chi connectivity index (χ0n) is 13.8. The molecule has 0 saturated heterocycles. The molecule has 0 atom stereocenters. The van der Waals surface area contributed by atoms with Crippen molar-refractivity contribution >= 4 is 21.6 Å². The first-order valence-corrected chi connectivity index (χ1v) is 8.79. The Hall–Kier alpha value is -2.54. The highest BCUT2D eigenvalue weighted by Gasteiger charge is 2.17. The van der Waals surface area contributed by atoms with Crippen LogP contribution in [0.4, 0.5) is 5.69 Å². The minimum Gasteiger partial charge on any atom is -0.484 e. The van der Waals surface area contributed by atoms with Gasteiger partial charge in [-0.2, -0.15) is 0 Å². The summed E-state index contributed by atoms with van der Waals surface area (Å²) in [5.41, 5.74) is 8.36. The number of amides is 1. The molecule has 0 aromatic heterocycles. The molecular weight excluding hydrogens is 328 g/mol. The Morgan fingerprint density at radius 3 is 2.12 bits per heavy atom. The Kier molecular flexibility index (Phi) is 5.14. The van der Waals surface area contributed by atoms with Gasteiger partial charge in [-0.3, -0.25) is 9.52 Å². The maximum atomic E-state index is 12.5. The molecule has 2 aromatic rings. The van der Waals surface area contributed by atoms with Crippen molar-refractivity contribution in [1.29, 1.82) is 0 Å². The summed E-state index contributed by atoms with van der Waals surface area (Å²) in [7, 11) is -3.72. The molecular formula is C17H20N2O4S.